The van der Waals surface area contributed by atoms with E-state index in [0.717, 1.165) is 6.92 Å². The minimum Gasteiger partial charge on any atom is -0.481 e. The summed E-state index contributed by atoms with van der Waals surface area (Å²) in [4.78, 5) is 20.3. The number of nitrogens with one attached hydrogen (secondary N) is 1. The van der Waals surface area contributed by atoms with Crippen molar-refractivity contribution in [3.05, 3.63) is 0 Å². The van der Waals surface area contributed by atoms with Crippen LogP contribution in [0.2, 0.25) is 0 Å². The van der Waals surface area contributed by atoms with E-state index in [1.54, 1.807) is 13.8 Å². The first-order valence-electron chi connectivity index (χ1n) is 5.56. The van der Waals surface area contributed by atoms with Gasteiger partial charge in [-0.2, -0.15) is 0 Å². The normalized spacial score (nSPS) is 12.1. The van der Waals surface area contributed by atoms with Crippen molar-refractivity contribution < 1.29 is 30.0 Å². The summed E-state index contributed by atoms with van der Waals surface area (Å²) in [6.07, 6.45) is -0.774. The molecule has 108 valence electrons. The average molecular weight is 265 g/mol. The largest absolute Gasteiger partial charge is 0.481 e. The topological polar surface area (TPSA) is 127 Å². The summed E-state index contributed by atoms with van der Waals surface area (Å²) in [5.41, 5.74) is -0.844. The Bertz CT molecular complexity index is 250. The molecule has 1 amide bonds. The standard InChI is InChI=1S/C9H19NO4.C2H4O2/c1-9(2,6-12)7(13)8(14)10-4-3-5-11;1-2(3)4/h7,11-13H,3-6H2,1-2H3,(H,10,14);1H3,(H,3,4)/t7-;/m0./s1. The number of hydrogen-bond acceptors (Lipinski definition) is 5. The van der Waals surface area contributed by atoms with Gasteiger partial charge in [-0.05, 0) is 6.42 Å². The highest BCUT2D eigenvalue weighted by Gasteiger charge is 2.32. The fourth-order valence-electron chi connectivity index (χ4n) is 0.829. The van der Waals surface area contributed by atoms with Crippen LogP contribution in [0.15, 0.2) is 0 Å². The number of aliphatic carboxylic acids is 1. The van der Waals surface area contributed by atoms with E-state index < -0.39 is 23.4 Å². The van der Waals surface area contributed by atoms with Crippen molar-refractivity contribution in [3.8, 4) is 0 Å². The van der Waals surface area contributed by atoms with E-state index >= 15 is 0 Å². The molecule has 1 atom stereocenters. The number of amides is 1. The molecular formula is C11H23NO6. The minimum atomic E-state index is -1.23. The maximum Gasteiger partial charge on any atom is 0.300 e. The molecule has 5 N–H and O–H groups in total. The third kappa shape index (κ3) is 10.0. The summed E-state index contributed by atoms with van der Waals surface area (Å²) in [6.45, 7) is 4.35. The predicted molar refractivity (Wildman–Crippen MR) is 64.9 cm³/mol. The Hall–Kier alpha value is -1.18. The lowest BCUT2D eigenvalue weighted by Gasteiger charge is -2.27. The number of hydrogen-bond donors (Lipinski definition) is 5. The first kappa shape index (κ1) is 19.2. The van der Waals surface area contributed by atoms with Gasteiger partial charge < -0.3 is 25.7 Å². The Kier molecular flexibility index (Phi) is 10.4. The SMILES string of the molecule is CC(=O)O.CC(C)(CO)[C@@H](O)C(=O)NCCCO. The van der Waals surface area contributed by atoms with Crippen LogP contribution < -0.4 is 5.32 Å². The van der Waals surface area contributed by atoms with Crippen molar-refractivity contribution in [1.82, 2.24) is 5.32 Å². The van der Waals surface area contributed by atoms with Gasteiger partial charge in [-0.15, -0.1) is 0 Å². The first-order chi connectivity index (χ1) is 8.18. The van der Waals surface area contributed by atoms with E-state index in [4.69, 9.17) is 20.1 Å². The van der Waals surface area contributed by atoms with Crippen LogP contribution >= 0.6 is 0 Å². The van der Waals surface area contributed by atoms with Gasteiger partial charge in [0.2, 0.25) is 5.91 Å². The number of aliphatic hydroxyl groups is 3. The van der Waals surface area contributed by atoms with Gasteiger partial charge in [0, 0.05) is 25.5 Å². The highest BCUT2D eigenvalue weighted by Crippen LogP contribution is 2.19. The Morgan fingerprint density at radius 2 is 1.72 bits per heavy atom. The molecule has 0 fully saturated rings. The maximum absolute atomic E-state index is 11.3. The smallest absolute Gasteiger partial charge is 0.300 e. The van der Waals surface area contributed by atoms with Crippen LogP contribution in [0, 0.1) is 5.41 Å². The molecule has 18 heavy (non-hydrogen) atoms. The number of aliphatic hydroxyl groups excluding tert-OH is 3. The molecule has 0 radical (unpaired) electrons. The number of carboxylic acids is 1. The Balaban J connectivity index is 0. The second-order valence-corrected chi connectivity index (χ2v) is 4.44. The number of carbonyl (C=O) groups is 2. The Morgan fingerprint density at radius 1 is 1.28 bits per heavy atom. The maximum atomic E-state index is 11.3. The van der Waals surface area contributed by atoms with Crippen LogP contribution in [-0.2, 0) is 9.59 Å². The number of carbonyl (C=O) groups excluding carboxylic acids is 1. The van der Waals surface area contributed by atoms with Gasteiger partial charge in [-0.25, -0.2) is 0 Å². The van der Waals surface area contributed by atoms with Crippen molar-refractivity contribution in [3.63, 3.8) is 0 Å². The van der Waals surface area contributed by atoms with Gasteiger partial charge in [-0.1, -0.05) is 13.8 Å². The molecule has 0 aliphatic rings. The third-order valence-corrected chi connectivity index (χ3v) is 2.03. The number of carboxylic acid groups (broad SMARTS) is 1. The molecule has 0 saturated carbocycles. The molecule has 0 aliphatic carbocycles. The van der Waals surface area contributed by atoms with Crippen LogP contribution in [-0.4, -0.2) is 58.2 Å². The summed E-state index contributed by atoms with van der Waals surface area (Å²) in [5, 5.41) is 36.8. The van der Waals surface area contributed by atoms with Crippen molar-refractivity contribution in [2.45, 2.75) is 33.3 Å². The first-order valence-corrected chi connectivity index (χ1v) is 5.56. The molecule has 0 aliphatic heterocycles. The van der Waals surface area contributed by atoms with Crippen LogP contribution in [0.4, 0.5) is 0 Å². The Morgan fingerprint density at radius 3 is 2.06 bits per heavy atom. The lowest BCUT2D eigenvalue weighted by atomic mass is 9.87. The summed E-state index contributed by atoms with van der Waals surface area (Å²) in [6, 6.07) is 0. The van der Waals surface area contributed by atoms with Gasteiger partial charge >= 0.3 is 0 Å². The monoisotopic (exact) mass is 265 g/mol. The lowest BCUT2D eigenvalue weighted by Crippen LogP contribution is -2.45. The zero-order valence-electron chi connectivity index (χ0n) is 11.0. The third-order valence-electron chi connectivity index (χ3n) is 2.03. The number of rotatable bonds is 6. The van der Waals surface area contributed by atoms with Gasteiger partial charge in [-0.3, -0.25) is 9.59 Å². The Labute approximate surface area is 106 Å². The average Bonchev–Trinajstić information content (AvgIpc) is 2.27. The van der Waals surface area contributed by atoms with Crippen molar-refractivity contribution in [2.24, 2.45) is 5.41 Å². The molecule has 0 aromatic carbocycles. The van der Waals surface area contributed by atoms with Crippen LogP contribution in [0.3, 0.4) is 0 Å². The highest BCUT2D eigenvalue weighted by atomic mass is 16.4. The summed E-state index contributed by atoms with van der Waals surface area (Å²) in [7, 11) is 0. The second kappa shape index (κ2) is 9.81. The van der Waals surface area contributed by atoms with E-state index in [9.17, 15) is 9.90 Å². The molecule has 0 rings (SSSR count). The summed E-state index contributed by atoms with van der Waals surface area (Å²) >= 11 is 0. The molecule has 0 aromatic rings. The van der Waals surface area contributed by atoms with Gasteiger partial charge in [0.1, 0.15) is 6.10 Å². The quantitative estimate of drug-likeness (QED) is 0.390. The summed E-state index contributed by atoms with van der Waals surface area (Å²) < 4.78 is 0. The molecule has 0 bridgehead atoms. The van der Waals surface area contributed by atoms with Crippen LogP contribution in [0.25, 0.3) is 0 Å². The molecular weight excluding hydrogens is 242 g/mol. The van der Waals surface area contributed by atoms with E-state index in [0.29, 0.717) is 13.0 Å². The van der Waals surface area contributed by atoms with Crippen molar-refractivity contribution >= 4 is 11.9 Å². The summed E-state index contributed by atoms with van der Waals surface area (Å²) in [5.74, 6) is -1.35. The molecule has 7 nitrogen and oxygen atoms in total. The molecule has 0 unspecified atom stereocenters. The van der Waals surface area contributed by atoms with E-state index in [-0.39, 0.29) is 13.2 Å². The van der Waals surface area contributed by atoms with E-state index in [1.165, 1.54) is 0 Å². The van der Waals surface area contributed by atoms with Crippen LogP contribution in [0.1, 0.15) is 27.2 Å². The molecule has 0 heterocycles. The molecule has 0 saturated heterocycles. The zero-order chi connectivity index (χ0) is 14.8. The predicted octanol–water partition coefficient (Wildman–Crippen LogP) is -1.04. The fourth-order valence-corrected chi connectivity index (χ4v) is 0.829. The minimum absolute atomic E-state index is 0.000230. The lowest BCUT2D eigenvalue weighted by molar-refractivity contribution is -0.137. The molecule has 7 heteroatoms. The van der Waals surface area contributed by atoms with Gasteiger partial charge in [0.15, 0.2) is 0 Å². The van der Waals surface area contributed by atoms with Crippen molar-refractivity contribution in [1.29, 1.82) is 0 Å². The molecule has 0 spiro atoms. The fraction of sp³-hybridized carbons (Fsp3) is 0.818. The van der Waals surface area contributed by atoms with Gasteiger partial charge in [0.05, 0.1) is 6.61 Å². The van der Waals surface area contributed by atoms with E-state index in [2.05, 4.69) is 5.32 Å². The van der Waals surface area contributed by atoms with Gasteiger partial charge in [0.25, 0.3) is 5.97 Å². The second-order valence-electron chi connectivity index (χ2n) is 4.44. The van der Waals surface area contributed by atoms with Crippen LogP contribution in [0.5, 0.6) is 0 Å². The molecule has 0 aromatic heterocycles. The van der Waals surface area contributed by atoms with Crippen molar-refractivity contribution in [2.75, 3.05) is 19.8 Å². The highest BCUT2D eigenvalue weighted by molar-refractivity contribution is 5.81. The zero-order valence-corrected chi connectivity index (χ0v) is 11.0. The van der Waals surface area contributed by atoms with E-state index in [1.807, 2.05) is 0 Å².